The van der Waals surface area contributed by atoms with Crippen LogP contribution in [-0.2, 0) is 19.6 Å². The highest BCUT2D eigenvalue weighted by molar-refractivity contribution is 7.89. The Hall–Kier alpha value is -2.33. The van der Waals surface area contributed by atoms with Crippen molar-refractivity contribution in [3.63, 3.8) is 0 Å². The molecule has 2 fully saturated rings. The number of terminal acetylenes is 1. The lowest BCUT2D eigenvalue weighted by atomic mass is 9.86. The number of benzene rings is 1. The van der Waals surface area contributed by atoms with Gasteiger partial charge in [-0.05, 0) is 51.2 Å². The van der Waals surface area contributed by atoms with E-state index in [0.29, 0.717) is 12.1 Å². The van der Waals surface area contributed by atoms with Crippen LogP contribution < -0.4 is 4.83 Å². The Morgan fingerprint density at radius 3 is 2.73 bits per heavy atom. The Kier molecular flexibility index (Phi) is 4.80. The summed E-state index contributed by atoms with van der Waals surface area (Å²) in [6, 6.07) is 6.49. The number of esters is 1. The molecule has 0 heterocycles. The Labute approximate surface area is 154 Å². The molecule has 26 heavy (non-hydrogen) atoms. The number of nitrogens with one attached hydrogen (secondary N) is 1. The van der Waals surface area contributed by atoms with Crippen LogP contribution in [0.25, 0.3) is 0 Å². The lowest BCUT2D eigenvalue weighted by Crippen LogP contribution is -2.28. The van der Waals surface area contributed by atoms with Gasteiger partial charge in [-0.15, -0.1) is 6.42 Å². The summed E-state index contributed by atoms with van der Waals surface area (Å²) in [5.74, 6) is 1.93. The molecule has 0 spiro atoms. The highest BCUT2D eigenvalue weighted by Crippen LogP contribution is 2.65. The average Bonchev–Trinajstić information content (AvgIpc) is 3.30. The normalized spacial score (nSPS) is 28.7. The Balaban J connectivity index is 1.85. The monoisotopic (exact) mass is 374 g/mol. The number of sulfonamides is 1. The highest BCUT2D eigenvalue weighted by Gasteiger charge is 2.71. The SMILES string of the molecule is C#C[C@@]12/C(=N\NS(=O)(=O)c3ccc(C)cc3)CCC[C@@H]1[C@H]2C(=O)OCC. The highest BCUT2D eigenvalue weighted by atomic mass is 32.2. The topological polar surface area (TPSA) is 84.8 Å². The van der Waals surface area contributed by atoms with E-state index in [2.05, 4.69) is 15.9 Å². The summed E-state index contributed by atoms with van der Waals surface area (Å²) in [4.78, 5) is 14.6. The van der Waals surface area contributed by atoms with Crippen molar-refractivity contribution in [1.82, 2.24) is 4.83 Å². The van der Waals surface area contributed by atoms with Gasteiger partial charge >= 0.3 is 5.97 Å². The zero-order chi connectivity index (χ0) is 18.9. The van der Waals surface area contributed by atoms with Crippen LogP contribution in [0.3, 0.4) is 0 Å². The average molecular weight is 374 g/mol. The van der Waals surface area contributed by atoms with Crippen LogP contribution in [0, 0.1) is 36.5 Å². The molecule has 138 valence electrons. The van der Waals surface area contributed by atoms with Crippen LogP contribution in [0.4, 0.5) is 0 Å². The van der Waals surface area contributed by atoms with Gasteiger partial charge in [0.05, 0.1) is 28.5 Å². The smallest absolute Gasteiger partial charge is 0.311 e. The van der Waals surface area contributed by atoms with Gasteiger partial charge in [0.15, 0.2) is 0 Å². The second-order valence-corrected chi connectivity index (χ2v) is 8.37. The number of carbonyl (C=O) groups is 1. The van der Waals surface area contributed by atoms with Crippen molar-refractivity contribution in [2.24, 2.45) is 22.4 Å². The molecule has 0 aliphatic heterocycles. The Bertz CT molecular complexity index is 883. The fraction of sp³-hybridized carbons (Fsp3) is 0.474. The molecule has 0 amide bonds. The maximum Gasteiger partial charge on any atom is 0.311 e. The van der Waals surface area contributed by atoms with E-state index in [0.717, 1.165) is 18.4 Å². The van der Waals surface area contributed by atoms with Gasteiger partial charge in [0.25, 0.3) is 10.0 Å². The first-order chi connectivity index (χ1) is 12.4. The molecule has 2 aliphatic carbocycles. The first kappa shape index (κ1) is 18.5. The molecule has 2 aliphatic rings. The molecular formula is C19H22N2O4S. The number of carbonyl (C=O) groups excluding carboxylic acids is 1. The van der Waals surface area contributed by atoms with E-state index in [1.54, 1.807) is 19.1 Å². The van der Waals surface area contributed by atoms with Crippen molar-refractivity contribution < 1.29 is 17.9 Å². The molecule has 2 saturated carbocycles. The summed E-state index contributed by atoms with van der Waals surface area (Å²) in [5.41, 5.74) is 0.692. The van der Waals surface area contributed by atoms with Crippen LogP contribution in [-0.4, -0.2) is 26.7 Å². The summed E-state index contributed by atoms with van der Waals surface area (Å²) in [7, 11) is -3.79. The van der Waals surface area contributed by atoms with Crippen LogP contribution in [0.5, 0.6) is 0 Å². The van der Waals surface area contributed by atoms with E-state index < -0.39 is 21.4 Å². The molecule has 3 rings (SSSR count). The third-order valence-corrected chi connectivity index (χ3v) is 6.41. The number of rotatable bonds is 5. The van der Waals surface area contributed by atoms with Crippen molar-refractivity contribution in [2.45, 2.75) is 38.0 Å². The maximum atomic E-state index is 12.5. The van der Waals surface area contributed by atoms with E-state index in [9.17, 15) is 13.2 Å². The lowest BCUT2D eigenvalue weighted by molar-refractivity contribution is -0.145. The van der Waals surface area contributed by atoms with Gasteiger partial charge in [0.2, 0.25) is 0 Å². The Morgan fingerprint density at radius 1 is 1.42 bits per heavy atom. The van der Waals surface area contributed by atoms with Crippen molar-refractivity contribution in [3.8, 4) is 12.3 Å². The molecule has 1 aromatic rings. The maximum absolute atomic E-state index is 12.5. The van der Waals surface area contributed by atoms with E-state index in [4.69, 9.17) is 11.2 Å². The fourth-order valence-corrected chi connectivity index (χ4v) is 4.67. The molecule has 3 atom stereocenters. The van der Waals surface area contributed by atoms with E-state index in [1.807, 2.05) is 6.92 Å². The van der Waals surface area contributed by atoms with Crippen LogP contribution in [0.1, 0.15) is 31.7 Å². The molecule has 0 aromatic heterocycles. The number of ether oxygens (including phenoxy) is 1. The molecule has 1 N–H and O–H groups in total. The second-order valence-electron chi connectivity index (χ2n) is 6.71. The van der Waals surface area contributed by atoms with Gasteiger partial charge in [0.1, 0.15) is 0 Å². The minimum atomic E-state index is -3.79. The number of aryl methyl sites for hydroxylation is 1. The van der Waals surface area contributed by atoms with Gasteiger partial charge in [0, 0.05) is 0 Å². The molecule has 0 radical (unpaired) electrons. The minimum Gasteiger partial charge on any atom is -0.466 e. The number of hydrazone groups is 1. The van der Waals surface area contributed by atoms with Crippen molar-refractivity contribution in [2.75, 3.05) is 6.61 Å². The second kappa shape index (κ2) is 6.76. The molecule has 0 saturated heterocycles. The van der Waals surface area contributed by atoms with Crippen molar-refractivity contribution in [3.05, 3.63) is 29.8 Å². The van der Waals surface area contributed by atoms with Gasteiger partial charge in [-0.3, -0.25) is 4.79 Å². The van der Waals surface area contributed by atoms with Gasteiger partial charge in [-0.25, -0.2) is 4.83 Å². The van der Waals surface area contributed by atoms with E-state index in [-0.39, 0.29) is 23.4 Å². The van der Waals surface area contributed by atoms with E-state index in [1.165, 1.54) is 12.1 Å². The number of fused-ring (bicyclic) bond motifs is 1. The van der Waals surface area contributed by atoms with Gasteiger partial charge < -0.3 is 4.74 Å². The van der Waals surface area contributed by atoms with Crippen LogP contribution in [0.2, 0.25) is 0 Å². The molecular weight excluding hydrogens is 352 g/mol. The van der Waals surface area contributed by atoms with Crippen LogP contribution >= 0.6 is 0 Å². The quantitative estimate of drug-likeness (QED) is 0.487. The third kappa shape index (κ3) is 2.99. The van der Waals surface area contributed by atoms with E-state index >= 15 is 0 Å². The molecule has 7 heteroatoms. The first-order valence-corrected chi connectivity index (χ1v) is 10.1. The number of hydrogen-bond donors (Lipinski definition) is 1. The minimum absolute atomic E-state index is 0.0251. The van der Waals surface area contributed by atoms with Crippen molar-refractivity contribution >= 4 is 21.7 Å². The lowest BCUT2D eigenvalue weighted by Gasteiger charge is -2.19. The summed E-state index contributed by atoms with van der Waals surface area (Å²) in [6.07, 6.45) is 7.94. The van der Waals surface area contributed by atoms with Gasteiger partial charge in [-0.1, -0.05) is 23.6 Å². The zero-order valence-electron chi connectivity index (χ0n) is 14.9. The molecule has 0 unspecified atom stereocenters. The van der Waals surface area contributed by atoms with Gasteiger partial charge in [-0.2, -0.15) is 13.5 Å². The standard InChI is InChI=1S/C19H22N2O4S/c1-4-19-15(17(19)18(22)25-5-2)7-6-8-16(19)20-21-26(23,24)14-11-9-13(3)10-12-14/h1,9-12,15,17,21H,5-8H2,2-3H3/b20-16-/t15-,17+,19+/m1/s1. The third-order valence-electron chi connectivity index (χ3n) is 5.19. The predicted molar refractivity (Wildman–Crippen MR) is 97.7 cm³/mol. The number of nitrogens with zero attached hydrogens (tertiary/aromatic N) is 1. The molecule has 0 bridgehead atoms. The predicted octanol–water partition coefficient (Wildman–Crippen LogP) is 2.24. The number of hydrogen-bond acceptors (Lipinski definition) is 5. The fourth-order valence-electron chi connectivity index (χ4n) is 3.84. The Morgan fingerprint density at radius 2 is 2.12 bits per heavy atom. The zero-order valence-corrected chi connectivity index (χ0v) is 15.7. The summed E-state index contributed by atoms with van der Waals surface area (Å²) in [5, 5.41) is 4.14. The van der Waals surface area contributed by atoms with Crippen molar-refractivity contribution in [1.29, 1.82) is 0 Å². The molecule has 6 nitrogen and oxygen atoms in total. The first-order valence-electron chi connectivity index (χ1n) is 8.66. The summed E-state index contributed by atoms with van der Waals surface area (Å²) in [6.45, 7) is 3.91. The largest absolute Gasteiger partial charge is 0.466 e. The van der Waals surface area contributed by atoms with Crippen LogP contribution in [0.15, 0.2) is 34.3 Å². The summed E-state index contributed by atoms with van der Waals surface area (Å²) < 4.78 is 30.0. The summed E-state index contributed by atoms with van der Waals surface area (Å²) >= 11 is 0. The molecule has 1 aromatic carbocycles.